The predicted octanol–water partition coefficient (Wildman–Crippen LogP) is 4.00. The number of alkyl halides is 3. The highest BCUT2D eigenvalue weighted by atomic mass is 32.1. The van der Waals surface area contributed by atoms with Gasteiger partial charge in [0.2, 0.25) is 0 Å². The van der Waals surface area contributed by atoms with Crippen LogP contribution in [0.5, 0.6) is 0 Å². The summed E-state index contributed by atoms with van der Waals surface area (Å²) < 4.78 is 38.3. The zero-order chi connectivity index (χ0) is 19.0. The van der Waals surface area contributed by atoms with Crippen LogP contribution in [0.1, 0.15) is 47.6 Å². The third-order valence-corrected chi connectivity index (χ3v) is 5.11. The molecule has 2 aromatic heterocycles. The van der Waals surface area contributed by atoms with Crippen LogP contribution in [0.25, 0.3) is 10.2 Å². The molecular formula is C16H17F3N2O3S. The van der Waals surface area contributed by atoms with E-state index in [9.17, 15) is 27.9 Å². The summed E-state index contributed by atoms with van der Waals surface area (Å²) in [7, 11) is 0. The highest BCUT2D eigenvalue weighted by molar-refractivity contribution is 7.20. The first-order valence-corrected chi connectivity index (χ1v) is 8.34. The van der Waals surface area contributed by atoms with Crippen molar-refractivity contribution in [1.29, 1.82) is 0 Å². The number of aliphatic carboxylic acids is 1. The van der Waals surface area contributed by atoms with Crippen LogP contribution in [0.15, 0.2) is 12.1 Å². The third-order valence-electron chi connectivity index (χ3n) is 3.91. The number of nitrogens with one attached hydrogen (secondary N) is 1. The topological polar surface area (TPSA) is 79.3 Å². The number of halogens is 3. The molecule has 0 aliphatic rings. The Kier molecular flexibility index (Phi) is 5.08. The molecule has 9 heteroatoms. The zero-order valence-electron chi connectivity index (χ0n) is 13.8. The largest absolute Gasteiger partial charge is 0.480 e. The van der Waals surface area contributed by atoms with Crippen LogP contribution >= 0.6 is 11.3 Å². The molecule has 136 valence electrons. The smallest absolute Gasteiger partial charge is 0.433 e. The van der Waals surface area contributed by atoms with Gasteiger partial charge in [-0.05, 0) is 38.0 Å². The molecule has 0 saturated carbocycles. The molecule has 0 saturated heterocycles. The number of nitrogens with zero attached hydrogens (tertiary/aromatic N) is 1. The molecule has 2 heterocycles. The van der Waals surface area contributed by atoms with Gasteiger partial charge in [-0.2, -0.15) is 13.2 Å². The number of carboxylic acid groups (broad SMARTS) is 1. The molecule has 0 aromatic carbocycles. The van der Waals surface area contributed by atoms with Gasteiger partial charge in [0.05, 0.1) is 4.88 Å². The lowest BCUT2D eigenvalue weighted by atomic mass is 9.96. The standard InChI is InChI=1S/C16H17F3N2O3S/c1-4-7-15(3,14(23)24)21-12(22)11-8(2)9-5-6-10(16(17,18)19)20-13(9)25-11/h5-6H,4,7H2,1-3H3,(H,21,22)(H,23,24). The molecule has 0 bridgehead atoms. The minimum absolute atomic E-state index is 0.0880. The van der Waals surface area contributed by atoms with E-state index in [1.165, 1.54) is 13.0 Å². The Hall–Kier alpha value is -2.16. The number of rotatable bonds is 5. The molecule has 2 aromatic rings. The van der Waals surface area contributed by atoms with E-state index in [-0.39, 0.29) is 16.1 Å². The number of aryl methyl sites for hydroxylation is 1. The number of carbonyl (C=O) groups excluding carboxylic acids is 1. The summed E-state index contributed by atoms with van der Waals surface area (Å²) in [5.41, 5.74) is -2.00. The van der Waals surface area contributed by atoms with E-state index in [1.807, 2.05) is 0 Å². The quantitative estimate of drug-likeness (QED) is 0.829. The minimum atomic E-state index is -4.57. The summed E-state index contributed by atoms with van der Waals surface area (Å²) in [4.78, 5) is 27.8. The normalized spacial score (nSPS) is 14.3. The lowest BCUT2D eigenvalue weighted by molar-refractivity contribution is -0.144. The first kappa shape index (κ1) is 19.2. The fourth-order valence-electron chi connectivity index (χ4n) is 2.50. The van der Waals surface area contributed by atoms with Crippen molar-refractivity contribution < 1.29 is 27.9 Å². The van der Waals surface area contributed by atoms with Crippen molar-refractivity contribution in [2.45, 2.75) is 45.3 Å². The maximum Gasteiger partial charge on any atom is 0.433 e. The second kappa shape index (κ2) is 6.62. The second-order valence-electron chi connectivity index (χ2n) is 5.94. The van der Waals surface area contributed by atoms with Crippen LogP contribution in [-0.4, -0.2) is 27.5 Å². The van der Waals surface area contributed by atoms with Gasteiger partial charge in [-0.1, -0.05) is 13.3 Å². The van der Waals surface area contributed by atoms with Gasteiger partial charge in [-0.3, -0.25) is 4.79 Å². The van der Waals surface area contributed by atoms with Crippen LogP contribution in [0, 0.1) is 6.92 Å². The molecule has 2 rings (SSSR count). The molecule has 2 N–H and O–H groups in total. The van der Waals surface area contributed by atoms with Crippen LogP contribution < -0.4 is 5.32 Å². The highest BCUT2D eigenvalue weighted by Crippen LogP contribution is 2.34. The Balaban J connectivity index is 2.42. The first-order valence-electron chi connectivity index (χ1n) is 7.53. The molecule has 1 atom stereocenters. The summed E-state index contributed by atoms with van der Waals surface area (Å²) in [6.07, 6.45) is -3.79. The molecule has 5 nitrogen and oxygen atoms in total. The van der Waals surface area contributed by atoms with Crippen molar-refractivity contribution >= 4 is 33.4 Å². The van der Waals surface area contributed by atoms with Crippen molar-refractivity contribution in [3.05, 3.63) is 28.3 Å². The maximum absolute atomic E-state index is 12.8. The van der Waals surface area contributed by atoms with Crippen molar-refractivity contribution in [3.63, 3.8) is 0 Å². The second-order valence-corrected chi connectivity index (χ2v) is 6.94. The van der Waals surface area contributed by atoms with Gasteiger partial charge in [0.15, 0.2) is 0 Å². The summed E-state index contributed by atoms with van der Waals surface area (Å²) in [5.74, 6) is -1.80. The molecule has 0 spiro atoms. The van der Waals surface area contributed by atoms with Gasteiger partial charge in [0.25, 0.3) is 5.91 Å². The zero-order valence-corrected chi connectivity index (χ0v) is 14.6. The predicted molar refractivity (Wildman–Crippen MR) is 87.8 cm³/mol. The lowest BCUT2D eigenvalue weighted by Crippen LogP contribution is -2.52. The van der Waals surface area contributed by atoms with Crippen molar-refractivity contribution in [3.8, 4) is 0 Å². The third kappa shape index (κ3) is 3.76. The Morgan fingerprint density at radius 1 is 1.32 bits per heavy atom. The monoisotopic (exact) mass is 374 g/mol. The van der Waals surface area contributed by atoms with Crippen LogP contribution in [-0.2, 0) is 11.0 Å². The van der Waals surface area contributed by atoms with E-state index in [1.54, 1.807) is 13.8 Å². The van der Waals surface area contributed by atoms with Gasteiger partial charge in [-0.25, -0.2) is 9.78 Å². The van der Waals surface area contributed by atoms with E-state index in [0.717, 1.165) is 17.4 Å². The summed E-state index contributed by atoms with van der Waals surface area (Å²) in [6.45, 7) is 4.79. The number of hydrogen-bond acceptors (Lipinski definition) is 4. The maximum atomic E-state index is 12.8. The summed E-state index contributed by atoms with van der Waals surface area (Å²) in [5, 5.41) is 12.3. The average molecular weight is 374 g/mol. The molecule has 0 radical (unpaired) electrons. The summed E-state index contributed by atoms with van der Waals surface area (Å²) in [6, 6.07) is 2.14. The average Bonchev–Trinajstić information content (AvgIpc) is 2.83. The fraction of sp³-hybridized carbons (Fsp3) is 0.438. The molecular weight excluding hydrogens is 357 g/mol. The van der Waals surface area contributed by atoms with Gasteiger partial charge in [0.1, 0.15) is 16.1 Å². The van der Waals surface area contributed by atoms with Crippen molar-refractivity contribution in [2.75, 3.05) is 0 Å². The molecule has 25 heavy (non-hydrogen) atoms. The number of aromatic nitrogens is 1. The SMILES string of the molecule is CCCC(C)(NC(=O)c1sc2nc(C(F)(F)F)ccc2c1C)C(=O)O. The molecule has 0 fully saturated rings. The lowest BCUT2D eigenvalue weighted by Gasteiger charge is -2.25. The van der Waals surface area contributed by atoms with Gasteiger partial charge < -0.3 is 10.4 Å². The molecule has 0 aliphatic carbocycles. The Morgan fingerprint density at radius 3 is 2.48 bits per heavy atom. The van der Waals surface area contributed by atoms with E-state index in [2.05, 4.69) is 10.3 Å². The fourth-order valence-corrected chi connectivity index (χ4v) is 3.58. The number of carboxylic acids is 1. The van der Waals surface area contributed by atoms with E-state index >= 15 is 0 Å². The van der Waals surface area contributed by atoms with Crippen LogP contribution in [0.2, 0.25) is 0 Å². The Morgan fingerprint density at radius 2 is 1.96 bits per heavy atom. The Bertz CT molecular complexity index is 832. The minimum Gasteiger partial charge on any atom is -0.480 e. The van der Waals surface area contributed by atoms with E-state index < -0.39 is 29.3 Å². The van der Waals surface area contributed by atoms with Crippen LogP contribution in [0.3, 0.4) is 0 Å². The molecule has 1 unspecified atom stereocenters. The first-order chi connectivity index (χ1) is 11.5. The van der Waals surface area contributed by atoms with Gasteiger partial charge in [0, 0.05) is 5.39 Å². The van der Waals surface area contributed by atoms with E-state index in [0.29, 0.717) is 17.4 Å². The van der Waals surface area contributed by atoms with Crippen LogP contribution in [0.4, 0.5) is 13.2 Å². The number of carbonyl (C=O) groups is 2. The van der Waals surface area contributed by atoms with Gasteiger partial charge >= 0.3 is 12.1 Å². The highest BCUT2D eigenvalue weighted by Gasteiger charge is 2.36. The number of pyridine rings is 1. The molecule has 0 aliphatic heterocycles. The van der Waals surface area contributed by atoms with Gasteiger partial charge in [-0.15, -0.1) is 11.3 Å². The summed E-state index contributed by atoms with van der Waals surface area (Å²) >= 11 is 0.817. The van der Waals surface area contributed by atoms with Crippen molar-refractivity contribution in [1.82, 2.24) is 10.3 Å². The Labute approximate surface area is 145 Å². The van der Waals surface area contributed by atoms with Crippen molar-refractivity contribution in [2.24, 2.45) is 0 Å². The number of fused-ring (bicyclic) bond motifs is 1. The number of amides is 1. The number of hydrogen-bond donors (Lipinski definition) is 2. The molecule has 1 amide bonds. The number of thiophene rings is 1. The van der Waals surface area contributed by atoms with E-state index in [4.69, 9.17) is 0 Å².